The molecule has 0 aromatic carbocycles. The summed E-state index contributed by atoms with van der Waals surface area (Å²) in [6.07, 6.45) is 0. The molecule has 24 valence electrons. The van der Waals surface area contributed by atoms with E-state index in [1.165, 1.54) is 0 Å². The molecular formula is H12CaGa2Ge. The molecule has 4 heavy (non-hydrogen) atoms. The van der Waals surface area contributed by atoms with E-state index in [4.69, 9.17) is 0 Å². The second-order valence-electron chi connectivity index (χ2n) is 0. The average molecular weight is 264 g/mol. The zero-order chi connectivity index (χ0) is 0. The molecule has 0 unspecified atom stereocenters. The minimum Gasteiger partial charge on any atom is -1.00 e. The molecule has 0 fully saturated rings. The second kappa shape index (κ2) is 16.5. The third-order valence-electron chi connectivity index (χ3n) is 0. The second-order valence-corrected chi connectivity index (χ2v) is 0. The Hall–Kier alpha value is 3.08. The Morgan fingerprint density at radius 2 is 1.00 bits per heavy atom. The molecule has 0 aromatic rings. The van der Waals surface area contributed by atoms with E-state index in [0.717, 1.165) is 0 Å². The third-order valence-corrected chi connectivity index (χ3v) is 0. The van der Waals surface area contributed by atoms with Gasteiger partial charge in [-0.3, -0.25) is 0 Å². The van der Waals surface area contributed by atoms with Crippen molar-refractivity contribution in [3.8, 4) is 0 Å². The smallest absolute Gasteiger partial charge is 1.00 e. The first-order chi connectivity index (χ1) is 0. The molecule has 0 aliphatic carbocycles. The van der Waals surface area contributed by atoms with Crippen LogP contribution in [0.15, 0.2) is 0 Å². The number of hydrogen-bond acceptors (Lipinski definition) is 0. The van der Waals surface area contributed by atoms with Crippen LogP contribution >= 0.6 is 0 Å². The van der Waals surface area contributed by atoms with Crippen molar-refractivity contribution in [3.63, 3.8) is 0 Å². The van der Waals surface area contributed by atoms with Crippen molar-refractivity contribution in [1.82, 2.24) is 0 Å². The van der Waals surface area contributed by atoms with Gasteiger partial charge in [0.05, 0.1) is 0 Å². The molecule has 0 radical (unpaired) electrons. The van der Waals surface area contributed by atoms with Crippen LogP contribution in [0.4, 0.5) is 0 Å². The molecule has 4 heteroatoms. The Balaban J connectivity index is 0. The van der Waals surface area contributed by atoms with E-state index in [1.54, 1.807) is 0 Å². The van der Waals surface area contributed by atoms with Gasteiger partial charge in [0.1, 0.15) is 0 Å². The monoisotopic (exact) mass is 264 g/mol. The summed E-state index contributed by atoms with van der Waals surface area (Å²) in [6.45, 7) is 0. The summed E-state index contributed by atoms with van der Waals surface area (Å²) in [5.41, 5.74) is 0. The van der Waals surface area contributed by atoms with Crippen LogP contribution < -0.4 is 0 Å². The Labute approximate surface area is 95.9 Å². The topological polar surface area (TPSA) is 0 Å². The van der Waals surface area contributed by atoms with E-state index in [1.807, 2.05) is 0 Å². The predicted molar refractivity (Wildman–Crippen MR) is 39.2 cm³/mol. The summed E-state index contributed by atoms with van der Waals surface area (Å²) >= 11 is 0. The molecule has 0 rings (SSSR count). The summed E-state index contributed by atoms with van der Waals surface area (Å²) in [4.78, 5) is 0. The Kier molecular flexibility index (Phi) is 114. The first-order valence-corrected chi connectivity index (χ1v) is 0. The molecule has 0 saturated carbocycles. The normalized spacial score (nSPS) is 0. The minimum atomic E-state index is 0. The van der Waals surface area contributed by atoms with Gasteiger partial charge in [-0.05, 0) is 0 Å². The predicted octanol–water partition coefficient (Wildman–Crippen LogP) is -3.98. The van der Waals surface area contributed by atoms with Crippen molar-refractivity contribution in [1.29, 1.82) is 0 Å². The van der Waals surface area contributed by atoms with Gasteiger partial charge < -0.3 is 2.85 Å². The fraction of sp³-hybridized carbons (Fsp3) is 0. The maximum atomic E-state index is 0. The van der Waals surface area contributed by atoms with Crippen molar-refractivity contribution < 1.29 is 2.85 Å². The fourth-order valence-electron chi connectivity index (χ4n) is 0. The zero-order valence-electron chi connectivity index (χ0n) is 2.71. The molecule has 0 saturated heterocycles. The van der Waals surface area contributed by atoms with Gasteiger partial charge in [-0.2, -0.15) is 0 Å². The maximum absolute atomic E-state index is 0. The van der Waals surface area contributed by atoms with Crippen LogP contribution in [-0.4, -0.2) is 94.9 Å². The van der Waals surface area contributed by atoms with Gasteiger partial charge in [-0.25, -0.2) is 0 Å². The van der Waals surface area contributed by atoms with E-state index in [0.29, 0.717) is 0 Å². The van der Waals surface area contributed by atoms with Gasteiger partial charge in [-0.15, -0.1) is 0 Å². The van der Waals surface area contributed by atoms with Gasteiger partial charge in [0.2, 0.25) is 0 Å². The minimum absolute atomic E-state index is 0. The number of hydrogen-bond donors (Lipinski definition) is 0. The quantitative estimate of drug-likeness (QED) is 0.392. The molecule has 0 spiro atoms. The molecule has 0 heterocycles. The Morgan fingerprint density at radius 1 is 1.00 bits per heavy atom. The van der Waals surface area contributed by atoms with Crippen LogP contribution in [0.25, 0.3) is 0 Å². The first kappa shape index (κ1) is 27.6. The molecule has 0 N–H and O–H groups in total. The van der Waals surface area contributed by atoms with Crippen molar-refractivity contribution in [2.75, 3.05) is 0 Å². The van der Waals surface area contributed by atoms with E-state index >= 15 is 0 Å². The van der Waals surface area contributed by atoms with E-state index < -0.39 is 0 Å². The van der Waals surface area contributed by atoms with E-state index in [-0.39, 0.29) is 97.8 Å². The van der Waals surface area contributed by atoms with Gasteiger partial charge >= 0.3 is 94.9 Å². The maximum Gasteiger partial charge on any atom is -1.00 e. The molecule has 0 aliphatic heterocycles. The summed E-state index contributed by atoms with van der Waals surface area (Å²) < 4.78 is 0. The van der Waals surface area contributed by atoms with Gasteiger partial charge in [0.25, 0.3) is 0 Å². The molecular weight excluding hydrogens is 252 g/mol. The fourth-order valence-corrected chi connectivity index (χ4v) is 0. The molecule has 0 atom stereocenters. The van der Waals surface area contributed by atoms with Gasteiger partial charge in [0, 0.05) is 0 Å². The van der Waals surface area contributed by atoms with E-state index in [9.17, 15) is 0 Å². The summed E-state index contributed by atoms with van der Waals surface area (Å²) in [6, 6.07) is 0. The molecule has 0 nitrogen and oxygen atoms in total. The van der Waals surface area contributed by atoms with Crippen LogP contribution in [0.5, 0.6) is 0 Å². The van der Waals surface area contributed by atoms with Crippen LogP contribution in [0.1, 0.15) is 2.85 Å². The summed E-state index contributed by atoms with van der Waals surface area (Å²) in [7, 11) is 0. The van der Waals surface area contributed by atoms with Crippen molar-refractivity contribution >= 4 is 94.9 Å². The Morgan fingerprint density at radius 3 is 1.00 bits per heavy atom. The largest absolute Gasteiger partial charge is 1.00 e. The first-order valence-electron chi connectivity index (χ1n) is 0. The molecule has 0 aliphatic rings. The standard InChI is InChI=1S/Ca.2Ga.GeH4.8H/h;;;1H4;;;;;;;;/q+2;;;;;;;;;;2*-1. The number of rotatable bonds is 0. The van der Waals surface area contributed by atoms with Crippen LogP contribution in [-0.2, 0) is 0 Å². The molecule has 0 bridgehead atoms. The van der Waals surface area contributed by atoms with Crippen LogP contribution in [0, 0.1) is 0 Å². The van der Waals surface area contributed by atoms with Crippen LogP contribution in [0.2, 0.25) is 0 Å². The average Bonchev–Trinajstić information content (AvgIpc) is 0. The SMILES string of the molecule is [Ca+2].[GaH3].[GaH3].[GeH4].[H-].[H-]. The van der Waals surface area contributed by atoms with Crippen molar-refractivity contribution in [3.05, 3.63) is 0 Å². The third kappa shape index (κ3) is 8.91. The van der Waals surface area contributed by atoms with Crippen molar-refractivity contribution in [2.24, 2.45) is 0 Å². The summed E-state index contributed by atoms with van der Waals surface area (Å²) in [5.74, 6) is 0. The Bertz CT molecular complexity index is 11.5. The van der Waals surface area contributed by atoms with Gasteiger partial charge in [0.15, 0.2) is 0 Å². The molecule has 0 amide bonds. The van der Waals surface area contributed by atoms with Gasteiger partial charge in [-0.1, -0.05) is 0 Å². The summed E-state index contributed by atoms with van der Waals surface area (Å²) in [5, 5.41) is 0. The zero-order valence-corrected chi connectivity index (χ0v) is 2.92. The molecule has 0 aromatic heterocycles. The van der Waals surface area contributed by atoms with Crippen molar-refractivity contribution in [2.45, 2.75) is 0 Å². The van der Waals surface area contributed by atoms with E-state index in [2.05, 4.69) is 0 Å². The van der Waals surface area contributed by atoms with Crippen LogP contribution in [0.3, 0.4) is 0 Å².